The number of phenolic OH excluding ortho intramolecular Hbond substituents is 1. The number of hydrogen-bond donors (Lipinski definition) is 2. The van der Waals surface area contributed by atoms with E-state index in [9.17, 15) is 14.3 Å². The van der Waals surface area contributed by atoms with Crippen LogP contribution in [0.4, 0.5) is 10.3 Å². The van der Waals surface area contributed by atoms with Gasteiger partial charge in [-0.25, -0.2) is 4.39 Å². The van der Waals surface area contributed by atoms with Crippen LogP contribution in [-0.4, -0.2) is 16.0 Å². The molecule has 5 nitrogen and oxygen atoms in total. The van der Waals surface area contributed by atoms with Gasteiger partial charge in [0, 0.05) is 29.2 Å². The number of ketones is 1. The number of carbonyl (C=O) groups is 1. The minimum absolute atomic E-state index is 0.0173. The Morgan fingerprint density at radius 3 is 2.66 bits per heavy atom. The summed E-state index contributed by atoms with van der Waals surface area (Å²) in [5.41, 5.74) is 4.11. The smallest absolute Gasteiger partial charge is 0.233 e. The molecule has 2 aliphatic rings. The Morgan fingerprint density at radius 1 is 1.14 bits per heavy atom. The minimum atomic E-state index is -0.540. The van der Waals surface area contributed by atoms with Crippen molar-refractivity contribution in [2.24, 2.45) is 0 Å². The van der Waals surface area contributed by atoms with Gasteiger partial charge in [0.05, 0.1) is 11.3 Å². The number of allylic oxidation sites excluding steroid dienone is 2. The van der Waals surface area contributed by atoms with E-state index in [0.717, 1.165) is 11.3 Å². The van der Waals surface area contributed by atoms with Gasteiger partial charge in [-0.3, -0.25) is 4.79 Å². The number of aromatic nitrogens is 1. The van der Waals surface area contributed by atoms with E-state index in [1.807, 2.05) is 12.1 Å². The van der Waals surface area contributed by atoms with Crippen molar-refractivity contribution < 1.29 is 18.8 Å². The van der Waals surface area contributed by atoms with Gasteiger partial charge in [-0.05, 0) is 43.0 Å². The molecule has 3 aromatic rings. The molecule has 5 rings (SSSR count). The Hall–Kier alpha value is -3.41. The van der Waals surface area contributed by atoms with Crippen LogP contribution >= 0.6 is 0 Å². The monoisotopic (exact) mass is 390 g/mol. The van der Waals surface area contributed by atoms with E-state index >= 15 is 0 Å². The van der Waals surface area contributed by atoms with Crippen molar-refractivity contribution in [3.63, 3.8) is 0 Å². The predicted molar refractivity (Wildman–Crippen MR) is 105 cm³/mol. The number of hydrogen-bond acceptors (Lipinski definition) is 5. The number of nitrogens with zero attached hydrogens (tertiary/aromatic N) is 1. The molecule has 0 radical (unpaired) electrons. The number of Topliss-reactive ketones (excluding diaryl/α,β-unsaturated/α-hetero) is 1. The molecule has 146 valence electrons. The second-order valence-electron chi connectivity index (χ2n) is 7.60. The quantitative estimate of drug-likeness (QED) is 0.658. The third-order valence-corrected chi connectivity index (χ3v) is 5.84. The van der Waals surface area contributed by atoms with Gasteiger partial charge in [0.2, 0.25) is 5.88 Å². The Labute approximate surface area is 166 Å². The van der Waals surface area contributed by atoms with E-state index in [1.54, 1.807) is 37.3 Å². The van der Waals surface area contributed by atoms with Crippen molar-refractivity contribution in [1.29, 1.82) is 0 Å². The molecule has 2 atom stereocenters. The number of carbonyl (C=O) groups excluding carboxylic acids is 1. The lowest BCUT2D eigenvalue weighted by Crippen LogP contribution is -2.30. The summed E-state index contributed by atoms with van der Waals surface area (Å²) >= 11 is 0. The lowest BCUT2D eigenvalue weighted by atomic mass is 9.72. The van der Waals surface area contributed by atoms with Crippen LogP contribution in [0.25, 0.3) is 0 Å². The highest BCUT2D eigenvalue weighted by atomic mass is 19.1. The fourth-order valence-electron chi connectivity index (χ4n) is 4.47. The predicted octanol–water partition coefficient (Wildman–Crippen LogP) is 4.79. The van der Waals surface area contributed by atoms with Gasteiger partial charge < -0.3 is 14.9 Å². The summed E-state index contributed by atoms with van der Waals surface area (Å²) in [5, 5.41) is 16.8. The van der Waals surface area contributed by atoms with Crippen LogP contribution in [0.5, 0.6) is 5.75 Å². The molecule has 1 aliphatic carbocycles. The molecule has 0 spiro atoms. The number of phenols is 1. The number of nitrogens with one attached hydrogen (secondary N) is 1. The Bertz CT molecular complexity index is 1150. The Morgan fingerprint density at radius 2 is 1.90 bits per heavy atom. The van der Waals surface area contributed by atoms with Crippen LogP contribution in [0.1, 0.15) is 47.1 Å². The van der Waals surface area contributed by atoms with Gasteiger partial charge >= 0.3 is 0 Å². The standard InChI is InChI=1S/C23H19FN2O3/c1-12-20-21(16-4-2-3-5-17(16)24)22-18(25-23(20)29-26-12)10-14(11-19(22)28)13-6-8-15(27)9-7-13/h2-9,14,21,25,27H,10-11H2,1H3/t14-,21-/m1/s1. The maximum atomic E-state index is 14.7. The summed E-state index contributed by atoms with van der Waals surface area (Å²) in [6, 6.07) is 13.4. The van der Waals surface area contributed by atoms with Crippen molar-refractivity contribution in [3.8, 4) is 5.75 Å². The Kier molecular flexibility index (Phi) is 4.01. The van der Waals surface area contributed by atoms with Gasteiger partial charge in [0.15, 0.2) is 5.78 Å². The number of fused-ring (bicyclic) bond motifs is 1. The highest BCUT2D eigenvalue weighted by Gasteiger charge is 2.41. The molecule has 2 N–H and O–H groups in total. The first-order valence-electron chi connectivity index (χ1n) is 9.55. The highest BCUT2D eigenvalue weighted by Crippen LogP contribution is 2.49. The summed E-state index contributed by atoms with van der Waals surface area (Å²) in [6.07, 6.45) is 0.923. The molecule has 29 heavy (non-hydrogen) atoms. The van der Waals surface area contributed by atoms with E-state index in [-0.39, 0.29) is 23.3 Å². The number of aryl methyl sites for hydroxylation is 1. The first kappa shape index (κ1) is 17.7. The molecule has 0 amide bonds. The summed E-state index contributed by atoms with van der Waals surface area (Å²) in [5.74, 6) is -0.285. The summed E-state index contributed by atoms with van der Waals surface area (Å²) in [6.45, 7) is 1.80. The van der Waals surface area contributed by atoms with Crippen LogP contribution in [0, 0.1) is 12.7 Å². The molecular formula is C23H19FN2O3. The maximum Gasteiger partial charge on any atom is 0.233 e. The number of benzene rings is 2. The van der Waals surface area contributed by atoms with E-state index in [0.29, 0.717) is 41.1 Å². The lowest BCUT2D eigenvalue weighted by molar-refractivity contribution is -0.116. The molecule has 2 aromatic carbocycles. The number of halogens is 1. The van der Waals surface area contributed by atoms with Gasteiger partial charge in [-0.15, -0.1) is 0 Å². The fraction of sp³-hybridized carbons (Fsp3) is 0.217. The van der Waals surface area contributed by atoms with Gasteiger partial charge in [-0.1, -0.05) is 35.5 Å². The van der Waals surface area contributed by atoms with E-state index in [2.05, 4.69) is 10.5 Å². The zero-order valence-corrected chi connectivity index (χ0v) is 15.8. The topological polar surface area (TPSA) is 75.4 Å². The molecule has 6 heteroatoms. The van der Waals surface area contributed by atoms with E-state index < -0.39 is 5.92 Å². The van der Waals surface area contributed by atoms with Crippen molar-refractivity contribution in [3.05, 3.63) is 88.0 Å². The van der Waals surface area contributed by atoms with Crippen LogP contribution in [-0.2, 0) is 4.79 Å². The van der Waals surface area contributed by atoms with E-state index in [1.165, 1.54) is 6.07 Å². The Balaban J connectivity index is 1.63. The van der Waals surface area contributed by atoms with Gasteiger partial charge in [0.1, 0.15) is 11.6 Å². The van der Waals surface area contributed by atoms with Crippen LogP contribution < -0.4 is 5.32 Å². The molecule has 1 aromatic heterocycles. The van der Waals surface area contributed by atoms with Crippen LogP contribution in [0.2, 0.25) is 0 Å². The van der Waals surface area contributed by atoms with Gasteiger partial charge in [0.25, 0.3) is 0 Å². The molecule has 2 heterocycles. The first-order chi connectivity index (χ1) is 14.0. The molecular weight excluding hydrogens is 371 g/mol. The average molecular weight is 390 g/mol. The van der Waals surface area contributed by atoms with E-state index in [4.69, 9.17) is 4.52 Å². The first-order valence-corrected chi connectivity index (χ1v) is 9.55. The molecule has 0 bridgehead atoms. The van der Waals surface area contributed by atoms with Crippen molar-refractivity contribution in [2.45, 2.75) is 31.6 Å². The van der Waals surface area contributed by atoms with Crippen molar-refractivity contribution >= 4 is 11.7 Å². The number of aromatic hydroxyl groups is 1. The lowest BCUT2D eigenvalue weighted by Gasteiger charge is -2.34. The second kappa shape index (κ2) is 6.58. The van der Waals surface area contributed by atoms with Crippen molar-refractivity contribution in [1.82, 2.24) is 5.16 Å². The fourth-order valence-corrected chi connectivity index (χ4v) is 4.47. The largest absolute Gasteiger partial charge is 0.508 e. The molecule has 0 saturated carbocycles. The SMILES string of the molecule is Cc1noc2c1[C@@H](c1ccccc1F)C1=C(C[C@@H](c3ccc(O)cc3)CC1=O)N2. The summed E-state index contributed by atoms with van der Waals surface area (Å²) < 4.78 is 20.2. The maximum absolute atomic E-state index is 14.7. The summed E-state index contributed by atoms with van der Waals surface area (Å²) in [7, 11) is 0. The van der Waals surface area contributed by atoms with Crippen LogP contribution in [0.3, 0.4) is 0 Å². The number of anilines is 1. The zero-order valence-electron chi connectivity index (χ0n) is 15.8. The van der Waals surface area contributed by atoms with Gasteiger partial charge in [-0.2, -0.15) is 0 Å². The normalized spacial score (nSPS) is 20.8. The molecule has 0 fully saturated rings. The third-order valence-electron chi connectivity index (χ3n) is 5.84. The molecule has 0 unspecified atom stereocenters. The number of rotatable bonds is 2. The average Bonchev–Trinajstić information content (AvgIpc) is 3.08. The minimum Gasteiger partial charge on any atom is -0.508 e. The van der Waals surface area contributed by atoms with Crippen LogP contribution in [0.15, 0.2) is 64.3 Å². The third kappa shape index (κ3) is 2.83. The zero-order chi connectivity index (χ0) is 20.1. The molecule has 0 saturated heterocycles. The summed E-state index contributed by atoms with van der Waals surface area (Å²) in [4.78, 5) is 13.3. The van der Waals surface area contributed by atoms with Crippen molar-refractivity contribution in [2.75, 3.05) is 5.32 Å². The second-order valence-corrected chi connectivity index (χ2v) is 7.60. The highest BCUT2D eigenvalue weighted by molar-refractivity contribution is 6.01. The molecule has 1 aliphatic heterocycles.